The molecule has 0 radical (unpaired) electrons. The van der Waals surface area contributed by atoms with Crippen LogP contribution in [0.1, 0.15) is 69.8 Å². The van der Waals surface area contributed by atoms with Crippen molar-refractivity contribution in [3.63, 3.8) is 0 Å². The second-order valence-electron chi connectivity index (χ2n) is 6.24. The highest BCUT2D eigenvalue weighted by molar-refractivity contribution is 7.80. The molecule has 0 atom stereocenters. The molecule has 0 amide bonds. The zero-order valence-corrected chi connectivity index (χ0v) is 15.1. The third-order valence-corrected chi connectivity index (χ3v) is 4.44. The van der Waals surface area contributed by atoms with Crippen molar-refractivity contribution < 1.29 is 4.57 Å². The Morgan fingerprint density at radius 2 is 1.27 bits per heavy atom. The quantitative estimate of drug-likeness (QED) is 0.298. The smallest absolute Gasteiger partial charge is 0.169 e. The van der Waals surface area contributed by atoms with Crippen LogP contribution < -0.4 is 10.3 Å². The van der Waals surface area contributed by atoms with Gasteiger partial charge >= 0.3 is 0 Å². The number of rotatable bonds is 14. The van der Waals surface area contributed by atoms with E-state index in [9.17, 15) is 0 Å². The molecule has 0 aliphatic carbocycles. The standard InChI is InChI=1S/C19H34N2S/c20-14-10-8-6-4-2-1-3-5-7-9-11-19-12-15-21(16-13-19)17-18-22/h12-13,15-16H,1-11,14,17-18,20H2/p+1. The Balaban J connectivity index is 1.90. The third-order valence-electron chi connectivity index (χ3n) is 4.24. The molecular weight excluding hydrogens is 288 g/mol. The van der Waals surface area contributed by atoms with Gasteiger partial charge in [-0.25, -0.2) is 4.57 Å². The summed E-state index contributed by atoms with van der Waals surface area (Å²) in [6.45, 7) is 1.85. The summed E-state index contributed by atoms with van der Waals surface area (Å²) in [7, 11) is 0. The summed E-state index contributed by atoms with van der Waals surface area (Å²) in [5.41, 5.74) is 6.96. The number of aromatic nitrogens is 1. The van der Waals surface area contributed by atoms with Gasteiger partial charge in [0.05, 0.1) is 0 Å². The summed E-state index contributed by atoms with van der Waals surface area (Å²) < 4.78 is 2.20. The van der Waals surface area contributed by atoms with Gasteiger partial charge in [0.25, 0.3) is 0 Å². The molecule has 1 rings (SSSR count). The van der Waals surface area contributed by atoms with Gasteiger partial charge in [-0.3, -0.25) is 0 Å². The molecule has 126 valence electrons. The second-order valence-corrected chi connectivity index (χ2v) is 6.69. The van der Waals surface area contributed by atoms with E-state index < -0.39 is 0 Å². The molecule has 2 nitrogen and oxygen atoms in total. The Labute approximate surface area is 142 Å². The molecule has 3 heteroatoms. The predicted molar refractivity (Wildman–Crippen MR) is 99.4 cm³/mol. The van der Waals surface area contributed by atoms with E-state index in [2.05, 4.69) is 41.7 Å². The van der Waals surface area contributed by atoms with Gasteiger partial charge in [0.1, 0.15) is 0 Å². The van der Waals surface area contributed by atoms with Crippen molar-refractivity contribution in [2.24, 2.45) is 5.73 Å². The number of aryl methyl sites for hydroxylation is 2. The number of thiol groups is 1. The molecule has 0 bridgehead atoms. The molecule has 0 unspecified atom stereocenters. The Kier molecular flexibility index (Phi) is 12.5. The van der Waals surface area contributed by atoms with E-state index in [-0.39, 0.29) is 0 Å². The maximum atomic E-state index is 5.50. The SMILES string of the molecule is NCCCCCCCCCCCCc1cc[n+](CCS)cc1. The Bertz CT molecular complexity index is 351. The van der Waals surface area contributed by atoms with E-state index in [0.29, 0.717) is 0 Å². The highest BCUT2D eigenvalue weighted by Gasteiger charge is 2.00. The molecule has 0 saturated heterocycles. The summed E-state index contributed by atoms with van der Waals surface area (Å²) >= 11 is 4.26. The van der Waals surface area contributed by atoms with Crippen LogP contribution in [0, 0.1) is 0 Å². The van der Waals surface area contributed by atoms with Gasteiger partial charge in [0, 0.05) is 17.9 Å². The second kappa shape index (κ2) is 14.1. The fraction of sp³-hybridized carbons (Fsp3) is 0.737. The first-order valence-electron chi connectivity index (χ1n) is 9.15. The van der Waals surface area contributed by atoms with Crippen LogP contribution in [0.15, 0.2) is 24.5 Å². The topological polar surface area (TPSA) is 29.9 Å². The lowest BCUT2D eigenvalue weighted by Gasteiger charge is -2.03. The van der Waals surface area contributed by atoms with Gasteiger partial charge in [-0.1, -0.05) is 51.4 Å². The molecule has 1 aromatic heterocycles. The number of nitrogens with two attached hydrogens (primary N) is 1. The molecule has 22 heavy (non-hydrogen) atoms. The van der Waals surface area contributed by atoms with Crippen LogP contribution in [-0.2, 0) is 13.0 Å². The van der Waals surface area contributed by atoms with E-state index in [0.717, 1.165) is 18.8 Å². The van der Waals surface area contributed by atoms with Crippen molar-refractivity contribution in [3.05, 3.63) is 30.1 Å². The van der Waals surface area contributed by atoms with Gasteiger partial charge in [-0.2, -0.15) is 12.6 Å². The van der Waals surface area contributed by atoms with Crippen LogP contribution in [0.4, 0.5) is 0 Å². The highest BCUT2D eigenvalue weighted by atomic mass is 32.1. The minimum absolute atomic E-state index is 0.858. The van der Waals surface area contributed by atoms with E-state index in [1.54, 1.807) is 0 Å². The molecule has 0 spiro atoms. The van der Waals surface area contributed by atoms with Crippen molar-refractivity contribution >= 4 is 12.6 Å². The first-order chi connectivity index (χ1) is 10.9. The van der Waals surface area contributed by atoms with Crippen LogP contribution >= 0.6 is 12.6 Å². The molecule has 2 N–H and O–H groups in total. The summed E-state index contributed by atoms with van der Waals surface area (Å²) in [4.78, 5) is 0. The van der Waals surface area contributed by atoms with E-state index in [4.69, 9.17) is 5.73 Å². The molecule has 0 fully saturated rings. The van der Waals surface area contributed by atoms with E-state index in [1.807, 2.05) is 0 Å². The van der Waals surface area contributed by atoms with Crippen LogP contribution in [-0.4, -0.2) is 12.3 Å². The number of hydrogen-bond acceptors (Lipinski definition) is 2. The van der Waals surface area contributed by atoms with Crippen molar-refractivity contribution in [1.82, 2.24) is 0 Å². The van der Waals surface area contributed by atoms with Gasteiger partial charge < -0.3 is 5.73 Å². The zero-order valence-electron chi connectivity index (χ0n) is 14.2. The minimum atomic E-state index is 0.858. The van der Waals surface area contributed by atoms with Gasteiger partial charge in [0.15, 0.2) is 18.9 Å². The van der Waals surface area contributed by atoms with Gasteiger partial charge in [0.2, 0.25) is 0 Å². The van der Waals surface area contributed by atoms with E-state index >= 15 is 0 Å². The van der Waals surface area contributed by atoms with Crippen molar-refractivity contribution in [3.8, 4) is 0 Å². The number of hydrogen-bond donors (Lipinski definition) is 2. The van der Waals surface area contributed by atoms with Gasteiger partial charge in [-0.15, -0.1) is 0 Å². The molecular formula is C19H35N2S+. The first kappa shape index (κ1) is 19.5. The molecule has 0 aliphatic heterocycles. The summed E-state index contributed by atoms with van der Waals surface area (Å²) in [5, 5.41) is 0. The Morgan fingerprint density at radius 3 is 1.77 bits per heavy atom. The number of nitrogens with zero attached hydrogens (tertiary/aromatic N) is 1. The molecule has 0 saturated carbocycles. The van der Waals surface area contributed by atoms with Crippen LogP contribution in [0.25, 0.3) is 0 Å². The first-order valence-corrected chi connectivity index (χ1v) is 9.79. The van der Waals surface area contributed by atoms with Crippen molar-refractivity contribution in [2.45, 2.75) is 77.2 Å². The minimum Gasteiger partial charge on any atom is -0.330 e. The normalized spacial score (nSPS) is 11.0. The molecule has 1 heterocycles. The average molecular weight is 324 g/mol. The molecule has 0 aromatic carbocycles. The maximum Gasteiger partial charge on any atom is 0.169 e. The largest absolute Gasteiger partial charge is 0.330 e. The lowest BCUT2D eigenvalue weighted by atomic mass is 10.0. The third kappa shape index (κ3) is 10.2. The average Bonchev–Trinajstić information content (AvgIpc) is 2.54. The van der Waals surface area contributed by atoms with E-state index in [1.165, 1.54) is 76.2 Å². The fourth-order valence-corrected chi connectivity index (χ4v) is 3.04. The van der Waals surface area contributed by atoms with Crippen LogP contribution in [0.2, 0.25) is 0 Å². The summed E-state index contributed by atoms with van der Waals surface area (Å²) in [5.74, 6) is 0.900. The predicted octanol–water partition coefficient (Wildman–Crippen LogP) is 4.31. The monoisotopic (exact) mass is 323 g/mol. The fourth-order valence-electron chi connectivity index (χ4n) is 2.81. The van der Waals surface area contributed by atoms with Crippen LogP contribution in [0.3, 0.4) is 0 Å². The molecule has 1 aromatic rings. The lowest BCUT2D eigenvalue weighted by molar-refractivity contribution is -0.692. The Hall–Kier alpha value is -0.540. The van der Waals surface area contributed by atoms with Crippen LogP contribution in [0.5, 0.6) is 0 Å². The number of pyridine rings is 1. The zero-order chi connectivity index (χ0) is 15.9. The lowest BCUT2D eigenvalue weighted by Crippen LogP contribution is -2.33. The Morgan fingerprint density at radius 1 is 0.773 bits per heavy atom. The summed E-state index contributed by atoms with van der Waals surface area (Å²) in [6.07, 6.45) is 19.2. The molecule has 0 aliphatic rings. The number of unbranched alkanes of at least 4 members (excludes halogenated alkanes) is 9. The van der Waals surface area contributed by atoms with Gasteiger partial charge in [-0.05, 0) is 31.4 Å². The maximum absolute atomic E-state index is 5.50. The van der Waals surface area contributed by atoms with Crippen molar-refractivity contribution in [2.75, 3.05) is 12.3 Å². The van der Waals surface area contributed by atoms with Crippen molar-refractivity contribution in [1.29, 1.82) is 0 Å². The highest BCUT2D eigenvalue weighted by Crippen LogP contribution is 2.12. The summed E-state index contributed by atoms with van der Waals surface area (Å²) in [6, 6.07) is 4.51.